The lowest BCUT2D eigenvalue weighted by Crippen LogP contribution is -2.05. The summed E-state index contributed by atoms with van der Waals surface area (Å²) in [7, 11) is 0. The standard InChI is InChI=1S/C11H8N4O2/c16-7-3-1-6(2-4-7)9-14-8-10(15-9)12-5-13-11(8)17/h1-5,16H,(H2,12,13,14,15,17). The molecule has 84 valence electrons. The van der Waals surface area contributed by atoms with Crippen LogP contribution in [0.3, 0.4) is 0 Å². The summed E-state index contributed by atoms with van der Waals surface area (Å²) in [5, 5.41) is 9.19. The first-order chi connectivity index (χ1) is 8.24. The molecule has 0 radical (unpaired) electrons. The van der Waals surface area contributed by atoms with Crippen LogP contribution in [-0.4, -0.2) is 25.0 Å². The van der Waals surface area contributed by atoms with Gasteiger partial charge in [0, 0.05) is 5.56 Å². The second-order valence-corrected chi connectivity index (χ2v) is 3.56. The molecule has 0 amide bonds. The number of aromatic hydroxyl groups is 1. The Bertz CT molecular complexity index is 727. The van der Waals surface area contributed by atoms with Crippen molar-refractivity contribution in [2.45, 2.75) is 0 Å². The number of phenols is 1. The number of hydrogen-bond donors (Lipinski definition) is 3. The molecule has 0 aliphatic heterocycles. The van der Waals surface area contributed by atoms with Gasteiger partial charge in [-0.3, -0.25) is 4.79 Å². The molecular weight excluding hydrogens is 220 g/mol. The number of nitrogens with one attached hydrogen (secondary N) is 2. The second-order valence-electron chi connectivity index (χ2n) is 3.56. The largest absolute Gasteiger partial charge is 0.508 e. The number of benzene rings is 1. The molecule has 17 heavy (non-hydrogen) atoms. The number of fused-ring (bicyclic) bond motifs is 1. The topological polar surface area (TPSA) is 94.7 Å². The Morgan fingerprint density at radius 3 is 2.65 bits per heavy atom. The number of aromatic nitrogens is 4. The van der Waals surface area contributed by atoms with Crippen LogP contribution >= 0.6 is 0 Å². The summed E-state index contributed by atoms with van der Waals surface area (Å²) < 4.78 is 0. The predicted octanol–water partition coefficient (Wildman–Crippen LogP) is 1.02. The number of aromatic amines is 2. The highest BCUT2D eigenvalue weighted by molar-refractivity contribution is 5.74. The Morgan fingerprint density at radius 1 is 1.18 bits per heavy atom. The third-order valence-corrected chi connectivity index (χ3v) is 2.43. The third kappa shape index (κ3) is 1.55. The predicted molar refractivity (Wildman–Crippen MR) is 61.6 cm³/mol. The molecule has 0 saturated carbocycles. The fourth-order valence-electron chi connectivity index (χ4n) is 1.60. The zero-order valence-corrected chi connectivity index (χ0v) is 8.64. The molecule has 0 bridgehead atoms. The highest BCUT2D eigenvalue weighted by Crippen LogP contribution is 2.20. The van der Waals surface area contributed by atoms with E-state index >= 15 is 0 Å². The molecule has 3 N–H and O–H groups in total. The zero-order chi connectivity index (χ0) is 11.8. The lowest BCUT2D eigenvalue weighted by Gasteiger charge is -1.95. The van der Waals surface area contributed by atoms with Crippen LogP contribution in [0.5, 0.6) is 5.75 Å². The number of phenolic OH excluding ortho intramolecular Hbond substituents is 1. The van der Waals surface area contributed by atoms with Crippen molar-refractivity contribution in [3.8, 4) is 17.1 Å². The number of imidazole rings is 1. The fourth-order valence-corrected chi connectivity index (χ4v) is 1.60. The van der Waals surface area contributed by atoms with Crippen LogP contribution in [0.2, 0.25) is 0 Å². The maximum absolute atomic E-state index is 11.5. The van der Waals surface area contributed by atoms with Crippen molar-refractivity contribution in [1.29, 1.82) is 0 Å². The summed E-state index contributed by atoms with van der Waals surface area (Å²) in [6, 6.07) is 6.53. The first-order valence-electron chi connectivity index (χ1n) is 4.97. The zero-order valence-electron chi connectivity index (χ0n) is 8.64. The SMILES string of the molecule is O=c1[nH]cnc2nc(-c3ccc(O)cc3)[nH]c12. The number of H-pyrrole nitrogens is 2. The van der Waals surface area contributed by atoms with E-state index in [4.69, 9.17) is 0 Å². The minimum atomic E-state index is -0.257. The molecule has 3 aromatic rings. The normalized spacial score (nSPS) is 10.8. The van der Waals surface area contributed by atoms with Gasteiger partial charge in [0.05, 0.1) is 6.33 Å². The monoisotopic (exact) mass is 228 g/mol. The van der Waals surface area contributed by atoms with Crippen LogP contribution in [0.1, 0.15) is 0 Å². The smallest absolute Gasteiger partial charge is 0.276 e. The van der Waals surface area contributed by atoms with E-state index in [9.17, 15) is 9.90 Å². The van der Waals surface area contributed by atoms with Gasteiger partial charge in [-0.15, -0.1) is 0 Å². The Kier molecular flexibility index (Phi) is 1.94. The first-order valence-corrected chi connectivity index (χ1v) is 4.97. The molecule has 3 rings (SSSR count). The van der Waals surface area contributed by atoms with E-state index in [2.05, 4.69) is 19.9 Å². The molecule has 6 nitrogen and oxygen atoms in total. The first kappa shape index (κ1) is 9.59. The van der Waals surface area contributed by atoms with Crippen LogP contribution in [0.4, 0.5) is 0 Å². The lowest BCUT2D eigenvalue weighted by molar-refractivity contribution is 0.475. The molecule has 0 unspecified atom stereocenters. The van der Waals surface area contributed by atoms with Crippen molar-refractivity contribution in [2.24, 2.45) is 0 Å². The molecule has 0 aliphatic carbocycles. The van der Waals surface area contributed by atoms with Crippen molar-refractivity contribution >= 4 is 11.2 Å². The van der Waals surface area contributed by atoms with Crippen molar-refractivity contribution in [3.63, 3.8) is 0 Å². The molecule has 0 aliphatic rings. The van der Waals surface area contributed by atoms with Crippen LogP contribution in [0.15, 0.2) is 35.4 Å². The Hall–Kier alpha value is -2.63. The average molecular weight is 228 g/mol. The quantitative estimate of drug-likeness (QED) is 0.579. The van der Waals surface area contributed by atoms with Gasteiger partial charge in [0.2, 0.25) is 0 Å². The van der Waals surface area contributed by atoms with Crippen molar-refractivity contribution in [3.05, 3.63) is 40.9 Å². The molecule has 6 heteroatoms. The van der Waals surface area contributed by atoms with Crippen LogP contribution < -0.4 is 5.56 Å². The van der Waals surface area contributed by atoms with Gasteiger partial charge in [0.15, 0.2) is 11.2 Å². The fraction of sp³-hybridized carbons (Fsp3) is 0. The molecule has 2 aromatic heterocycles. The maximum atomic E-state index is 11.5. The van der Waals surface area contributed by atoms with E-state index in [-0.39, 0.29) is 11.3 Å². The van der Waals surface area contributed by atoms with Gasteiger partial charge in [0.25, 0.3) is 5.56 Å². The van der Waals surface area contributed by atoms with Gasteiger partial charge in [0.1, 0.15) is 11.6 Å². The van der Waals surface area contributed by atoms with Gasteiger partial charge in [-0.1, -0.05) is 0 Å². The average Bonchev–Trinajstić information content (AvgIpc) is 2.75. The summed E-state index contributed by atoms with van der Waals surface area (Å²) in [4.78, 5) is 25.0. The summed E-state index contributed by atoms with van der Waals surface area (Å²) in [6.07, 6.45) is 1.31. The number of hydrogen-bond acceptors (Lipinski definition) is 4. The van der Waals surface area contributed by atoms with Crippen molar-refractivity contribution in [2.75, 3.05) is 0 Å². The van der Waals surface area contributed by atoms with E-state index in [0.29, 0.717) is 17.0 Å². The number of rotatable bonds is 1. The highest BCUT2D eigenvalue weighted by atomic mass is 16.3. The highest BCUT2D eigenvalue weighted by Gasteiger charge is 2.08. The molecule has 2 heterocycles. The van der Waals surface area contributed by atoms with Gasteiger partial charge < -0.3 is 15.1 Å². The lowest BCUT2D eigenvalue weighted by atomic mass is 10.2. The van der Waals surface area contributed by atoms with Crippen molar-refractivity contribution in [1.82, 2.24) is 19.9 Å². The Balaban J connectivity index is 2.21. The summed E-state index contributed by atoms with van der Waals surface area (Å²) in [6.45, 7) is 0. The van der Waals surface area contributed by atoms with E-state index in [1.807, 2.05) is 0 Å². The van der Waals surface area contributed by atoms with E-state index < -0.39 is 0 Å². The minimum absolute atomic E-state index is 0.181. The summed E-state index contributed by atoms with van der Waals surface area (Å²) in [5.74, 6) is 0.727. The van der Waals surface area contributed by atoms with Crippen LogP contribution in [0, 0.1) is 0 Å². The number of nitrogens with zero attached hydrogens (tertiary/aromatic N) is 2. The Labute approximate surface area is 95.0 Å². The van der Waals surface area contributed by atoms with Crippen LogP contribution in [-0.2, 0) is 0 Å². The molecule has 0 spiro atoms. The molecule has 0 saturated heterocycles. The van der Waals surface area contributed by atoms with Gasteiger partial charge >= 0.3 is 0 Å². The summed E-state index contributed by atoms with van der Waals surface area (Å²) in [5.41, 5.74) is 1.24. The van der Waals surface area contributed by atoms with E-state index in [1.54, 1.807) is 24.3 Å². The van der Waals surface area contributed by atoms with Crippen molar-refractivity contribution < 1.29 is 5.11 Å². The summed E-state index contributed by atoms with van der Waals surface area (Å²) >= 11 is 0. The molecular formula is C11H8N4O2. The minimum Gasteiger partial charge on any atom is -0.508 e. The second kappa shape index (κ2) is 3.44. The Morgan fingerprint density at radius 2 is 1.94 bits per heavy atom. The maximum Gasteiger partial charge on any atom is 0.276 e. The van der Waals surface area contributed by atoms with Crippen LogP contribution in [0.25, 0.3) is 22.6 Å². The third-order valence-electron chi connectivity index (χ3n) is 2.43. The van der Waals surface area contributed by atoms with E-state index in [0.717, 1.165) is 5.56 Å². The van der Waals surface area contributed by atoms with Gasteiger partial charge in [-0.2, -0.15) is 0 Å². The molecule has 0 atom stereocenters. The molecule has 0 fully saturated rings. The van der Waals surface area contributed by atoms with Gasteiger partial charge in [-0.25, -0.2) is 9.97 Å². The van der Waals surface area contributed by atoms with E-state index in [1.165, 1.54) is 6.33 Å². The van der Waals surface area contributed by atoms with Gasteiger partial charge in [-0.05, 0) is 24.3 Å². The molecule has 1 aromatic carbocycles.